The van der Waals surface area contributed by atoms with Crippen LogP contribution in [0, 0.1) is 0 Å². The molecule has 0 spiro atoms. The van der Waals surface area contributed by atoms with Crippen molar-refractivity contribution in [2.75, 3.05) is 18.0 Å². The van der Waals surface area contributed by atoms with Gasteiger partial charge in [-0.2, -0.15) is 4.31 Å². The minimum absolute atomic E-state index is 0.0713. The summed E-state index contributed by atoms with van der Waals surface area (Å²) in [5.41, 5.74) is 2.71. The second kappa shape index (κ2) is 7.64. The SMILES string of the molecule is CCC(=O)N1CCc2cc(S(=O)(=O)N3CCCCC3c3cccnc3)ccc21. The molecule has 0 saturated carbocycles. The molecule has 1 fully saturated rings. The third-order valence-corrected chi connectivity index (χ3v) is 7.58. The maximum Gasteiger partial charge on any atom is 0.243 e. The highest BCUT2D eigenvalue weighted by Gasteiger charge is 2.35. The van der Waals surface area contributed by atoms with Gasteiger partial charge >= 0.3 is 0 Å². The van der Waals surface area contributed by atoms with Crippen LogP contribution >= 0.6 is 0 Å². The van der Waals surface area contributed by atoms with Gasteiger partial charge < -0.3 is 4.90 Å². The molecule has 0 N–H and O–H groups in total. The molecule has 1 aromatic heterocycles. The van der Waals surface area contributed by atoms with E-state index in [1.807, 2.05) is 19.1 Å². The van der Waals surface area contributed by atoms with Crippen LogP contribution in [0.1, 0.15) is 49.8 Å². The van der Waals surface area contributed by atoms with Gasteiger partial charge in [-0.15, -0.1) is 0 Å². The Morgan fingerprint density at radius 1 is 1.21 bits per heavy atom. The molecule has 2 aliphatic rings. The molecule has 0 radical (unpaired) electrons. The Morgan fingerprint density at radius 2 is 2.07 bits per heavy atom. The number of benzene rings is 1. The number of carbonyl (C=O) groups is 1. The van der Waals surface area contributed by atoms with E-state index in [1.165, 1.54) is 0 Å². The molecule has 3 heterocycles. The highest BCUT2D eigenvalue weighted by Crippen LogP contribution is 2.37. The fourth-order valence-electron chi connectivity index (χ4n) is 4.22. The molecule has 1 atom stereocenters. The average molecular weight is 400 g/mol. The summed E-state index contributed by atoms with van der Waals surface area (Å²) in [6.07, 6.45) is 7.26. The molecule has 2 aliphatic heterocycles. The van der Waals surface area contributed by atoms with E-state index in [1.54, 1.807) is 39.8 Å². The van der Waals surface area contributed by atoms with Crippen molar-refractivity contribution in [2.24, 2.45) is 0 Å². The fourth-order valence-corrected chi connectivity index (χ4v) is 5.96. The third kappa shape index (κ3) is 3.33. The molecule has 6 nitrogen and oxygen atoms in total. The summed E-state index contributed by atoms with van der Waals surface area (Å²) in [5.74, 6) is 0.0713. The van der Waals surface area contributed by atoms with Crippen LogP contribution in [-0.4, -0.2) is 36.7 Å². The van der Waals surface area contributed by atoms with E-state index >= 15 is 0 Å². The zero-order valence-electron chi connectivity index (χ0n) is 16.0. The van der Waals surface area contributed by atoms with E-state index in [4.69, 9.17) is 0 Å². The van der Waals surface area contributed by atoms with Crippen LogP contribution in [0.3, 0.4) is 0 Å². The summed E-state index contributed by atoms with van der Waals surface area (Å²) in [6, 6.07) is 8.80. The molecule has 7 heteroatoms. The summed E-state index contributed by atoms with van der Waals surface area (Å²) in [6.45, 7) is 2.97. The van der Waals surface area contributed by atoms with Crippen LogP contribution in [-0.2, 0) is 21.2 Å². The maximum absolute atomic E-state index is 13.5. The number of carbonyl (C=O) groups excluding carboxylic acids is 1. The second-order valence-electron chi connectivity index (χ2n) is 7.35. The number of hydrogen-bond donors (Lipinski definition) is 0. The number of aromatic nitrogens is 1. The van der Waals surface area contributed by atoms with E-state index in [-0.39, 0.29) is 11.9 Å². The molecule has 1 aromatic carbocycles. The summed E-state index contributed by atoms with van der Waals surface area (Å²) < 4.78 is 28.6. The first kappa shape index (κ1) is 19.1. The quantitative estimate of drug-likeness (QED) is 0.791. The lowest BCUT2D eigenvalue weighted by Gasteiger charge is -2.35. The van der Waals surface area contributed by atoms with Crippen LogP contribution in [0.2, 0.25) is 0 Å². The van der Waals surface area contributed by atoms with E-state index in [0.717, 1.165) is 36.1 Å². The predicted molar refractivity (Wildman–Crippen MR) is 108 cm³/mol. The number of sulfonamides is 1. The Bertz CT molecular complexity index is 976. The van der Waals surface area contributed by atoms with Gasteiger partial charge in [0.1, 0.15) is 0 Å². The summed E-state index contributed by atoms with van der Waals surface area (Å²) in [4.78, 5) is 18.3. The van der Waals surface area contributed by atoms with E-state index in [0.29, 0.717) is 30.8 Å². The smallest absolute Gasteiger partial charge is 0.243 e. The predicted octanol–water partition coefficient (Wildman–Crippen LogP) is 3.30. The number of anilines is 1. The highest BCUT2D eigenvalue weighted by molar-refractivity contribution is 7.89. The molecule has 0 aliphatic carbocycles. The zero-order valence-corrected chi connectivity index (χ0v) is 16.9. The Hall–Kier alpha value is -2.25. The Kier molecular flexibility index (Phi) is 5.21. The van der Waals surface area contributed by atoms with Gasteiger partial charge in [-0.05, 0) is 54.7 Å². The summed E-state index contributed by atoms with van der Waals surface area (Å²) >= 11 is 0. The minimum Gasteiger partial charge on any atom is -0.312 e. The largest absolute Gasteiger partial charge is 0.312 e. The van der Waals surface area contributed by atoms with Crippen molar-refractivity contribution in [1.29, 1.82) is 0 Å². The van der Waals surface area contributed by atoms with Gasteiger partial charge in [0.25, 0.3) is 0 Å². The normalized spacial score (nSPS) is 20.2. The first-order valence-corrected chi connectivity index (χ1v) is 11.3. The lowest BCUT2D eigenvalue weighted by molar-refractivity contribution is -0.118. The highest BCUT2D eigenvalue weighted by atomic mass is 32.2. The second-order valence-corrected chi connectivity index (χ2v) is 9.24. The number of piperidine rings is 1. The van der Waals surface area contributed by atoms with Crippen molar-refractivity contribution in [3.8, 4) is 0 Å². The molecular weight excluding hydrogens is 374 g/mol. The number of hydrogen-bond acceptors (Lipinski definition) is 4. The van der Waals surface area contributed by atoms with Gasteiger partial charge in [-0.3, -0.25) is 9.78 Å². The molecule has 28 heavy (non-hydrogen) atoms. The standard InChI is InChI=1S/C21H25N3O3S/c1-2-21(25)23-13-10-16-14-18(8-9-19(16)23)28(26,27)24-12-4-3-7-20(24)17-6-5-11-22-15-17/h5-6,8-9,11,14-15,20H,2-4,7,10,12-13H2,1H3. The molecule has 2 aromatic rings. The van der Waals surface area contributed by atoms with E-state index in [9.17, 15) is 13.2 Å². The molecule has 0 bridgehead atoms. The van der Waals surface area contributed by atoms with Gasteiger partial charge in [0.2, 0.25) is 15.9 Å². The topological polar surface area (TPSA) is 70.6 Å². The van der Waals surface area contributed by atoms with Crippen molar-refractivity contribution in [3.05, 3.63) is 53.9 Å². The van der Waals surface area contributed by atoms with Crippen LogP contribution in [0.4, 0.5) is 5.69 Å². The molecular formula is C21H25N3O3S. The number of pyridine rings is 1. The van der Waals surface area contributed by atoms with Crippen LogP contribution in [0.5, 0.6) is 0 Å². The monoisotopic (exact) mass is 399 g/mol. The zero-order chi connectivity index (χ0) is 19.7. The third-order valence-electron chi connectivity index (χ3n) is 5.68. The number of amides is 1. The van der Waals surface area contributed by atoms with Crippen molar-refractivity contribution < 1.29 is 13.2 Å². The van der Waals surface area contributed by atoms with E-state index < -0.39 is 10.0 Å². The van der Waals surface area contributed by atoms with Crippen molar-refractivity contribution in [1.82, 2.24) is 9.29 Å². The molecule has 1 amide bonds. The first-order chi connectivity index (χ1) is 13.5. The van der Waals surface area contributed by atoms with Crippen LogP contribution < -0.4 is 4.90 Å². The van der Waals surface area contributed by atoms with Crippen molar-refractivity contribution in [2.45, 2.75) is 50.0 Å². The molecule has 148 valence electrons. The van der Waals surface area contributed by atoms with Crippen LogP contribution in [0.25, 0.3) is 0 Å². The lowest BCUT2D eigenvalue weighted by atomic mass is 9.99. The van der Waals surface area contributed by atoms with Crippen molar-refractivity contribution >= 4 is 21.6 Å². The Labute approximate surface area is 166 Å². The van der Waals surface area contributed by atoms with Gasteiger partial charge in [-0.25, -0.2) is 8.42 Å². The number of fused-ring (bicyclic) bond motifs is 1. The number of rotatable bonds is 4. The lowest BCUT2D eigenvalue weighted by Crippen LogP contribution is -2.38. The maximum atomic E-state index is 13.5. The Balaban J connectivity index is 1.67. The molecule has 4 rings (SSSR count). The van der Waals surface area contributed by atoms with Crippen LogP contribution in [0.15, 0.2) is 47.6 Å². The minimum atomic E-state index is -3.62. The summed E-state index contributed by atoms with van der Waals surface area (Å²) in [5, 5.41) is 0. The Morgan fingerprint density at radius 3 is 2.82 bits per heavy atom. The molecule has 1 unspecified atom stereocenters. The van der Waals surface area contributed by atoms with Gasteiger partial charge in [0.15, 0.2) is 0 Å². The van der Waals surface area contributed by atoms with Gasteiger partial charge in [0.05, 0.1) is 10.9 Å². The fraction of sp³-hybridized carbons (Fsp3) is 0.429. The van der Waals surface area contributed by atoms with E-state index in [2.05, 4.69) is 4.98 Å². The summed E-state index contributed by atoms with van der Waals surface area (Å²) in [7, 11) is -3.62. The van der Waals surface area contributed by atoms with Gasteiger partial charge in [0, 0.05) is 37.6 Å². The first-order valence-electron chi connectivity index (χ1n) is 9.87. The molecule has 1 saturated heterocycles. The van der Waals surface area contributed by atoms with Crippen molar-refractivity contribution in [3.63, 3.8) is 0 Å². The average Bonchev–Trinajstić information content (AvgIpc) is 3.17. The number of nitrogens with zero attached hydrogens (tertiary/aromatic N) is 3. The van der Waals surface area contributed by atoms with Gasteiger partial charge in [-0.1, -0.05) is 19.4 Å².